The van der Waals surface area contributed by atoms with Gasteiger partial charge in [-0.1, -0.05) is 23.9 Å². The normalized spacial score (nSPS) is 18.0. The summed E-state index contributed by atoms with van der Waals surface area (Å²) in [4.78, 5) is 2.31. The number of aromatic hydroxyl groups is 1. The van der Waals surface area contributed by atoms with Crippen LogP contribution in [-0.2, 0) is 0 Å². The van der Waals surface area contributed by atoms with E-state index in [1.807, 2.05) is 19.1 Å². The van der Waals surface area contributed by atoms with Gasteiger partial charge in [0.15, 0.2) is 0 Å². The Balaban J connectivity index is 0.00000196. The van der Waals surface area contributed by atoms with E-state index in [1.165, 1.54) is 10.5 Å². The van der Waals surface area contributed by atoms with E-state index >= 15 is 0 Å². The third-order valence-electron chi connectivity index (χ3n) is 4.83. The van der Waals surface area contributed by atoms with Crippen molar-refractivity contribution in [2.24, 2.45) is 5.92 Å². The van der Waals surface area contributed by atoms with Crippen molar-refractivity contribution in [2.45, 2.75) is 29.6 Å². The van der Waals surface area contributed by atoms with Crippen LogP contribution in [0.25, 0.3) is 5.57 Å². The Morgan fingerprint density at radius 2 is 2.00 bits per heavy atom. The second-order valence-electron chi connectivity index (χ2n) is 6.51. The minimum atomic E-state index is 0. The van der Waals surface area contributed by atoms with Crippen LogP contribution in [0.2, 0.25) is 0 Å². The van der Waals surface area contributed by atoms with Crippen LogP contribution in [0.3, 0.4) is 0 Å². The molecule has 2 N–H and O–H groups in total. The maximum Gasteiger partial charge on any atom is 0.124 e. The molecule has 0 aromatic heterocycles. The fourth-order valence-electron chi connectivity index (χ4n) is 3.61. The van der Waals surface area contributed by atoms with Crippen molar-refractivity contribution in [1.82, 2.24) is 5.32 Å². The number of rotatable bonds is 3. The van der Waals surface area contributed by atoms with Crippen LogP contribution in [0, 0.1) is 5.92 Å². The van der Waals surface area contributed by atoms with Gasteiger partial charge in [-0.2, -0.15) is 0 Å². The van der Waals surface area contributed by atoms with Crippen LogP contribution >= 0.6 is 24.2 Å². The molecule has 0 bridgehead atoms. The molecule has 0 radical (unpaired) electrons. The van der Waals surface area contributed by atoms with Gasteiger partial charge in [0.25, 0.3) is 0 Å². The lowest BCUT2D eigenvalue weighted by molar-refractivity contribution is 0.339. The Hall–Kier alpha value is -1.62. The van der Waals surface area contributed by atoms with E-state index in [-0.39, 0.29) is 12.4 Å². The first-order valence-corrected chi connectivity index (χ1v) is 9.78. The maximum absolute atomic E-state index is 10.5. The third kappa shape index (κ3) is 3.73. The predicted molar refractivity (Wildman–Crippen MR) is 110 cm³/mol. The second-order valence-corrected chi connectivity index (χ2v) is 7.59. The highest BCUT2D eigenvalue weighted by atomic mass is 35.5. The van der Waals surface area contributed by atoms with Crippen molar-refractivity contribution >= 4 is 29.7 Å². The number of hydrogen-bond donors (Lipinski definition) is 2. The number of allylic oxidation sites excluding steroid dienone is 1. The molecule has 2 aliphatic heterocycles. The minimum absolute atomic E-state index is 0. The van der Waals surface area contributed by atoms with E-state index in [9.17, 15) is 5.11 Å². The Morgan fingerprint density at radius 1 is 1.19 bits per heavy atom. The molecule has 0 atom stereocenters. The number of piperidine rings is 1. The van der Waals surface area contributed by atoms with E-state index < -0.39 is 0 Å². The van der Waals surface area contributed by atoms with Gasteiger partial charge in [-0.25, -0.2) is 0 Å². The first-order valence-electron chi connectivity index (χ1n) is 8.96. The molecule has 26 heavy (non-hydrogen) atoms. The van der Waals surface area contributed by atoms with Gasteiger partial charge < -0.3 is 15.2 Å². The third-order valence-corrected chi connectivity index (χ3v) is 5.95. The van der Waals surface area contributed by atoms with Gasteiger partial charge in [0, 0.05) is 15.4 Å². The molecule has 4 rings (SSSR count). The fourth-order valence-corrected chi connectivity index (χ4v) is 4.78. The van der Waals surface area contributed by atoms with Crippen LogP contribution in [0.15, 0.2) is 52.3 Å². The lowest BCUT2D eigenvalue weighted by Crippen LogP contribution is -2.27. The summed E-state index contributed by atoms with van der Waals surface area (Å²) in [7, 11) is 0. The van der Waals surface area contributed by atoms with Gasteiger partial charge in [-0.15, -0.1) is 12.4 Å². The summed E-state index contributed by atoms with van der Waals surface area (Å²) >= 11 is 1.71. The molecule has 2 heterocycles. The summed E-state index contributed by atoms with van der Waals surface area (Å²) in [6, 6.07) is 12.1. The summed E-state index contributed by atoms with van der Waals surface area (Å²) < 4.78 is 5.68. The molecule has 1 saturated heterocycles. The van der Waals surface area contributed by atoms with Gasteiger partial charge in [0.05, 0.1) is 6.61 Å². The summed E-state index contributed by atoms with van der Waals surface area (Å²) in [6.07, 6.45) is 4.66. The zero-order chi connectivity index (χ0) is 17.2. The summed E-state index contributed by atoms with van der Waals surface area (Å²) in [5.74, 6) is 1.81. The Bertz CT molecular complexity index is 816. The minimum Gasteiger partial charge on any atom is -0.507 e. The summed E-state index contributed by atoms with van der Waals surface area (Å²) in [5.41, 5.74) is 3.33. The molecule has 2 aromatic carbocycles. The van der Waals surface area contributed by atoms with E-state index in [2.05, 4.69) is 29.6 Å². The Labute approximate surface area is 165 Å². The molecule has 0 spiro atoms. The van der Waals surface area contributed by atoms with Crippen molar-refractivity contribution in [3.8, 4) is 11.5 Å². The van der Waals surface area contributed by atoms with Crippen LogP contribution in [0.4, 0.5) is 0 Å². The molecule has 3 nitrogen and oxygen atoms in total. The molecule has 0 unspecified atom stereocenters. The number of phenolic OH excluding ortho intramolecular Hbond substituents is 1. The standard InChI is InChI=1S/C21H23NO2S.ClH/c1-2-24-15-6-7-16-17(12-14-8-10-22-11-9-14)21-18(23)4-3-5-19(21)25-20(16)13-15;/h3-7,12-14,22-23H,2,8-11H2,1H3;1H. The zero-order valence-electron chi connectivity index (χ0n) is 14.8. The molecule has 0 saturated carbocycles. The molecule has 1 fully saturated rings. The Kier molecular flexibility index (Phi) is 6.17. The highest BCUT2D eigenvalue weighted by molar-refractivity contribution is 7.99. The van der Waals surface area contributed by atoms with Gasteiger partial charge in [-0.05, 0) is 80.2 Å². The average molecular weight is 390 g/mol. The van der Waals surface area contributed by atoms with Crippen molar-refractivity contribution in [1.29, 1.82) is 0 Å². The highest BCUT2D eigenvalue weighted by Gasteiger charge is 2.25. The molecule has 2 aliphatic rings. The van der Waals surface area contributed by atoms with Crippen molar-refractivity contribution < 1.29 is 9.84 Å². The van der Waals surface area contributed by atoms with Gasteiger partial charge in [0.1, 0.15) is 11.5 Å². The van der Waals surface area contributed by atoms with Gasteiger partial charge >= 0.3 is 0 Å². The van der Waals surface area contributed by atoms with Crippen LogP contribution in [0.5, 0.6) is 11.5 Å². The van der Waals surface area contributed by atoms with Crippen molar-refractivity contribution in [2.75, 3.05) is 19.7 Å². The SMILES string of the molecule is CCOc1ccc2c(c1)Sc1cccc(O)c1C2=CC1CCNCC1.Cl. The van der Waals surface area contributed by atoms with Gasteiger partial charge in [-0.3, -0.25) is 0 Å². The van der Waals surface area contributed by atoms with E-state index in [0.717, 1.165) is 47.7 Å². The molecule has 0 amide bonds. The smallest absolute Gasteiger partial charge is 0.124 e. The maximum atomic E-state index is 10.5. The van der Waals surface area contributed by atoms with Crippen molar-refractivity contribution in [3.05, 3.63) is 53.6 Å². The Morgan fingerprint density at radius 3 is 2.77 bits per heavy atom. The van der Waals surface area contributed by atoms with Crippen LogP contribution in [-0.4, -0.2) is 24.8 Å². The molecule has 138 valence electrons. The molecule has 0 aliphatic carbocycles. The first-order chi connectivity index (χ1) is 12.3. The van der Waals surface area contributed by atoms with Crippen LogP contribution in [0.1, 0.15) is 30.9 Å². The number of benzene rings is 2. The summed E-state index contributed by atoms with van der Waals surface area (Å²) in [5, 5.41) is 14.0. The number of fused-ring (bicyclic) bond motifs is 2. The van der Waals surface area contributed by atoms with Crippen LogP contribution < -0.4 is 10.1 Å². The largest absolute Gasteiger partial charge is 0.507 e. The number of hydrogen-bond acceptors (Lipinski definition) is 4. The topological polar surface area (TPSA) is 41.5 Å². The highest BCUT2D eigenvalue weighted by Crippen LogP contribution is 2.49. The van der Waals surface area contributed by atoms with Gasteiger partial charge in [0.2, 0.25) is 0 Å². The lowest BCUT2D eigenvalue weighted by atomic mass is 9.89. The number of halogens is 1. The number of ether oxygens (including phenoxy) is 1. The van der Waals surface area contributed by atoms with E-state index in [1.54, 1.807) is 17.8 Å². The first kappa shape index (κ1) is 19.2. The average Bonchev–Trinajstić information content (AvgIpc) is 2.62. The summed E-state index contributed by atoms with van der Waals surface area (Å²) in [6.45, 7) is 4.79. The monoisotopic (exact) mass is 389 g/mol. The quantitative estimate of drug-likeness (QED) is 0.653. The predicted octanol–water partition coefficient (Wildman–Crippen LogP) is 5.11. The van der Waals surface area contributed by atoms with E-state index in [4.69, 9.17) is 4.74 Å². The second kappa shape index (κ2) is 8.38. The zero-order valence-corrected chi connectivity index (χ0v) is 16.5. The lowest BCUT2D eigenvalue weighted by Gasteiger charge is -2.26. The number of nitrogens with one attached hydrogen (secondary N) is 1. The molecular formula is C21H24ClNO2S. The molecule has 2 aromatic rings. The number of phenols is 1. The van der Waals surface area contributed by atoms with E-state index in [0.29, 0.717) is 18.3 Å². The van der Waals surface area contributed by atoms with Crippen molar-refractivity contribution in [3.63, 3.8) is 0 Å². The fraction of sp³-hybridized carbons (Fsp3) is 0.333. The molecular weight excluding hydrogens is 366 g/mol. The molecule has 5 heteroatoms.